The maximum atomic E-state index is 12.5. The van der Waals surface area contributed by atoms with Crippen molar-refractivity contribution in [2.45, 2.75) is 0 Å². The summed E-state index contributed by atoms with van der Waals surface area (Å²) in [5.74, 6) is 1.03. The van der Waals surface area contributed by atoms with E-state index in [1.807, 2.05) is 24.3 Å². The van der Waals surface area contributed by atoms with Crippen molar-refractivity contribution < 1.29 is 9.53 Å². The average Bonchev–Trinajstić information content (AvgIpc) is 2.47. The molecule has 0 unspecified atom stereocenters. The number of carbonyl (C=O) groups is 1. The lowest BCUT2D eigenvalue weighted by Crippen LogP contribution is -2.37. The summed E-state index contributed by atoms with van der Waals surface area (Å²) in [6.07, 6.45) is 1.50. The van der Waals surface area contributed by atoms with Crippen LogP contribution in [0.25, 0.3) is 0 Å². The minimum Gasteiger partial charge on any atom is -0.490 e. The van der Waals surface area contributed by atoms with Crippen molar-refractivity contribution in [1.82, 2.24) is 4.98 Å². The Morgan fingerprint density at radius 3 is 2.89 bits per heavy atom. The van der Waals surface area contributed by atoms with Gasteiger partial charge < -0.3 is 15.4 Å². The summed E-state index contributed by atoms with van der Waals surface area (Å²) in [5, 5.41) is 0. The average molecular weight is 255 g/mol. The Kier molecular flexibility index (Phi) is 2.79. The molecule has 0 saturated carbocycles. The number of ether oxygens (including phenoxy) is 1. The van der Waals surface area contributed by atoms with Crippen LogP contribution in [0.5, 0.6) is 5.75 Å². The number of amides is 1. The first-order chi connectivity index (χ1) is 9.25. The van der Waals surface area contributed by atoms with Crippen LogP contribution >= 0.6 is 0 Å². The number of rotatable bonds is 1. The van der Waals surface area contributed by atoms with Crippen LogP contribution in [0.1, 0.15) is 10.4 Å². The zero-order valence-electron chi connectivity index (χ0n) is 10.2. The Balaban J connectivity index is 1.95. The van der Waals surface area contributed by atoms with Crippen LogP contribution in [0.3, 0.4) is 0 Å². The van der Waals surface area contributed by atoms with Gasteiger partial charge in [0.2, 0.25) is 0 Å². The third-order valence-corrected chi connectivity index (χ3v) is 3.01. The van der Waals surface area contributed by atoms with Crippen LogP contribution in [0.4, 0.5) is 11.5 Å². The highest BCUT2D eigenvalue weighted by molar-refractivity contribution is 6.07. The van der Waals surface area contributed by atoms with Crippen molar-refractivity contribution in [3.63, 3.8) is 0 Å². The summed E-state index contributed by atoms with van der Waals surface area (Å²) >= 11 is 0. The van der Waals surface area contributed by atoms with Gasteiger partial charge in [-0.1, -0.05) is 12.1 Å². The number of carbonyl (C=O) groups excluding carboxylic acids is 1. The Bertz CT molecular complexity index is 610. The monoisotopic (exact) mass is 255 g/mol. The van der Waals surface area contributed by atoms with Gasteiger partial charge in [0.05, 0.1) is 17.8 Å². The summed E-state index contributed by atoms with van der Waals surface area (Å²) < 4.78 is 5.53. The Morgan fingerprint density at radius 1 is 1.26 bits per heavy atom. The minimum atomic E-state index is -0.0942. The highest BCUT2D eigenvalue weighted by atomic mass is 16.5. The van der Waals surface area contributed by atoms with Crippen LogP contribution < -0.4 is 15.4 Å². The molecule has 0 saturated heterocycles. The van der Waals surface area contributed by atoms with Gasteiger partial charge in [-0.3, -0.25) is 4.79 Å². The van der Waals surface area contributed by atoms with Crippen LogP contribution in [0, 0.1) is 0 Å². The fourth-order valence-electron chi connectivity index (χ4n) is 2.07. The Labute approximate surface area is 110 Å². The summed E-state index contributed by atoms with van der Waals surface area (Å²) in [5.41, 5.74) is 6.83. The third kappa shape index (κ3) is 2.10. The summed E-state index contributed by atoms with van der Waals surface area (Å²) in [6.45, 7) is 1.02. The van der Waals surface area contributed by atoms with Gasteiger partial charge in [0.25, 0.3) is 5.91 Å². The van der Waals surface area contributed by atoms with E-state index in [-0.39, 0.29) is 5.91 Å². The van der Waals surface area contributed by atoms with E-state index in [0.29, 0.717) is 24.5 Å². The van der Waals surface area contributed by atoms with E-state index in [9.17, 15) is 4.79 Å². The zero-order valence-corrected chi connectivity index (χ0v) is 10.2. The molecule has 0 spiro atoms. The van der Waals surface area contributed by atoms with E-state index in [4.69, 9.17) is 10.5 Å². The lowest BCUT2D eigenvalue weighted by Gasteiger charge is -2.29. The first-order valence-electron chi connectivity index (χ1n) is 6.01. The lowest BCUT2D eigenvalue weighted by atomic mass is 10.2. The number of aromatic nitrogens is 1. The molecule has 3 rings (SSSR count). The fourth-order valence-corrected chi connectivity index (χ4v) is 2.07. The fraction of sp³-hybridized carbons (Fsp3) is 0.143. The van der Waals surface area contributed by atoms with Crippen molar-refractivity contribution in [3.05, 3.63) is 48.2 Å². The molecular formula is C14H13N3O2. The summed E-state index contributed by atoms with van der Waals surface area (Å²) in [4.78, 5) is 18.1. The predicted octanol–water partition coefficient (Wildman–Crippen LogP) is 1.70. The molecule has 2 heterocycles. The second-order valence-electron chi connectivity index (χ2n) is 4.24. The number of hydrogen-bond acceptors (Lipinski definition) is 4. The third-order valence-electron chi connectivity index (χ3n) is 3.01. The summed E-state index contributed by atoms with van der Waals surface area (Å²) in [7, 11) is 0. The molecule has 2 N–H and O–H groups in total. The number of hydrogen-bond donors (Lipinski definition) is 1. The van der Waals surface area contributed by atoms with Crippen LogP contribution in [0.15, 0.2) is 42.6 Å². The molecule has 0 bridgehead atoms. The van der Waals surface area contributed by atoms with Gasteiger partial charge in [-0.15, -0.1) is 0 Å². The number of nitrogens with zero attached hydrogens (tertiary/aromatic N) is 2. The first kappa shape index (κ1) is 11.5. The van der Waals surface area contributed by atoms with Gasteiger partial charge in [-0.25, -0.2) is 4.98 Å². The van der Waals surface area contributed by atoms with Crippen molar-refractivity contribution in [2.24, 2.45) is 0 Å². The van der Waals surface area contributed by atoms with Crippen molar-refractivity contribution in [1.29, 1.82) is 0 Å². The molecular weight excluding hydrogens is 242 g/mol. The van der Waals surface area contributed by atoms with Crippen LogP contribution in [0.2, 0.25) is 0 Å². The smallest absolute Gasteiger partial charge is 0.260 e. The molecule has 0 aliphatic carbocycles. The second kappa shape index (κ2) is 4.61. The van der Waals surface area contributed by atoms with E-state index in [1.54, 1.807) is 17.0 Å². The summed E-state index contributed by atoms with van der Waals surface area (Å²) in [6, 6.07) is 10.8. The van der Waals surface area contributed by atoms with Gasteiger partial charge in [0, 0.05) is 6.20 Å². The predicted molar refractivity (Wildman–Crippen MR) is 72.3 cm³/mol. The van der Waals surface area contributed by atoms with E-state index in [0.717, 1.165) is 11.4 Å². The number of benzene rings is 1. The Hall–Kier alpha value is -2.56. The number of nitrogen functional groups attached to an aromatic ring is 1. The number of nitrogens with two attached hydrogens (primary N) is 1. The van der Waals surface area contributed by atoms with Gasteiger partial charge >= 0.3 is 0 Å². The topological polar surface area (TPSA) is 68.5 Å². The highest BCUT2D eigenvalue weighted by Crippen LogP contribution is 2.31. The van der Waals surface area contributed by atoms with E-state index >= 15 is 0 Å². The molecule has 0 radical (unpaired) electrons. The van der Waals surface area contributed by atoms with Crippen molar-refractivity contribution in [2.75, 3.05) is 23.8 Å². The standard InChI is InChI=1S/C14H13N3O2/c15-13-6-5-10(9-16-13)14(18)17-7-8-19-12-4-2-1-3-11(12)17/h1-6,9H,7-8H2,(H2,15,16). The van der Waals surface area contributed by atoms with Gasteiger partial charge in [0.1, 0.15) is 18.2 Å². The molecule has 0 atom stereocenters. The van der Waals surface area contributed by atoms with E-state index < -0.39 is 0 Å². The molecule has 1 amide bonds. The minimum absolute atomic E-state index is 0.0942. The van der Waals surface area contributed by atoms with Gasteiger partial charge in [-0.2, -0.15) is 0 Å². The molecule has 2 aromatic rings. The largest absolute Gasteiger partial charge is 0.490 e. The molecule has 96 valence electrons. The van der Waals surface area contributed by atoms with E-state index in [2.05, 4.69) is 4.98 Å². The SMILES string of the molecule is Nc1ccc(C(=O)N2CCOc3ccccc32)cn1. The molecule has 1 aliphatic heterocycles. The maximum absolute atomic E-state index is 12.5. The van der Waals surface area contributed by atoms with Gasteiger partial charge in [-0.05, 0) is 24.3 Å². The molecule has 5 heteroatoms. The number of para-hydroxylation sites is 2. The maximum Gasteiger partial charge on any atom is 0.260 e. The number of fused-ring (bicyclic) bond motifs is 1. The van der Waals surface area contributed by atoms with Crippen LogP contribution in [-0.4, -0.2) is 24.0 Å². The number of pyridine rings is 1. The first-order valence-corrected chi connectivity index (χ1v) is 6.01. The molecule has 1 aromatic heterocycles. The normalized spacial score (nSPS) is 13.6. The molecule has 0 fully saturated rings. The van der Waals surface area contributed by atoms with Gasteiger partial charge in [0.15, 0.2) is 0 Å². The zero-order chi connectivity index (χ0) is 13.2. The molecule has 5 nitrogen and oxygen atoms in total. The molecule has 1 aliphatic rings. The highest BCUT2D eigenvalue weighted by Gasteiger charge is 2.24. The van der Waals surface area contributed by atoms with Crippen molar-refractivity contribution in [3.8, 4) is 5.75 Å². The quantitative estimate of drug-likeness (QED) is 0.842. The van der Waals surface area contributed by atoms with Crippen molar-refractivity contribution >= 4 is 17.4 Å². The van der Waals surface area contributed by atoms with Crippen LogP contribution in [-0.2, 0) is 0 Å². The number of anilines is 2. The molecule has 1 aromatic carbocycles. The second-order valence-corrected chi connectivity index (χ2v) is 4.24. The Morgan fingerprint density at radius 2 is 2.11 bits per heavy atom. The lowest BCUT2D eigenvalue weighted by molar-refractivity contribution is 0.0976. The van der Waals surface area contributed by atoms with E-state index in [1.165, 1.54) is 6.20 Å². The molecule has 19 heavy (non-hydrogen) atoms.